The van der Waals surface area contributed by atoms with Crippen molar-refractivity contribution in [2.45, 2.75) is 19.9 Å². The van der Waals surface area contributed by atoms with E-state index in [1.54, 1.807) is 17.0 Å². The highest BCUT2D eigenvalue weighted by molar-refractivity contribution is 8.18. The van der Waals surface area contributed by atoms with Crippen LogP contribution in [0.25, 0.3) is 6.08 Å². The average molecular weight is 377 g/mol. The average Bonchev–Trinajstić information content (AvgIpc) is 2.97. The van der Waals surface area contributed by atoms with E-state index in [0.29, 0.717) is 15.8 Å². The molecule has 6 heteroatoms. The van der Waals surface area contributed by atoms with Gasteiger partial charge in [0.25, 0.3) is 5.91 Å². The summed E-state index contributed by atoms with van der Waals surface area (Å²) in [5.74, 6) is 0.578. The standard InChI is InChI=1S/C21H19N3O2S/c1-15(2)24-20(25)19(27-21(24)23-17-6-4-3-5-7-17)14-16-8-10-18(11-9-16)26-13-12-22/h3-11,14-15H,13H2,1-2H3/b19-14+,23-21?. The smallest absolute Gasteiger partial charge is 0.266 e. The number of rotatable bonds is 5. The minimum atomic E-state index is -0.0468. The van der Waals surface area contributed by atoms with Crippen molar-refractivity contribution >= 4 is 34.6 Å². The van der Waals surface area contributed by atoms with Gasteiger partial charge in [-0.25, -0.2) is 4.99 Å². The Labute approximate surface area is 163 Å². The maximum atomic E-state index is 12.9. The van der Waals surface area contributed by atoms with Crippen LogP contribution in [0.4, 0.5) is 5.69 Å². The second kappa shape index (κ2) is 8.56. The number of hydrogen-bond acceptors (Lipinski definition) is 5. The molecule has 27 heavy (non-hydrogen) atoms. The van der Waals surface area contributed by atoms with Gasteiger partial charge >= 0.3 is 0 Å². The lowest BCUT2D eigenvalue weighted by atomic mass is 10.2. The number of aliphatic imine (C=N–C) groups is 1. The van der Waals surface area contributed by atoms with Crippen molar-refractivity contribution < 1.29 is 9.53 Å². The lowest BCUT2D eigenvalue weighted by Crippen LogP contribution is -2.35. The first-order chi connectivity index (χ1) is 13.1. The van der Waals surface area contributed by atoms with Crippen LogP contribution in [-0.2, 0) is 4.79 Å². The monoisotopic (exact) mass is 377 g/mol. The molecule has 3 rings (SSSR count). The number of carbonyl (C=O) groups excluding carboxylic acids is 1. The Balaban J connectivity index is 1.86. The molecule has 0 unspecified atom stereocenters. The maximum Gasteiger partial charge on any atom is 0.266 e. The van der Waals surface area contributed by atoms with Crippen LogP contribution in [0, 0.1) is 11.3 Å². The third kappa shape index (κ3) is 4.57. The molecule has 0 N–H and O–H groups in total. The van der Waals surface area contributed by atoms with Crippen LogP contribution in [0.5, 0.6) is 5.75 Å². The zero-order valence-electron chi connectivity index (χ0n) is 15.1. The van der Waals surface area contributed by atoms with Gasteiger partial charge in [-0.1, -0.05) is 30.3 Å². The zero-order valence-corrected chi connectivity index (χ0v) is 15.9. The Morgan fingerprint density at radius 2 is 1.89 bits per heavy atom. The summed E-state index contributed by atoms with van der Waals surface area (Å²) in [7, 11) is 0. The number of nitriles is 1. The van der Waals surface area contributed by atoms with Gasteiger partial charge in [0, 0.05) is 6.04 Å². The van der Waals surface area contributed by atoms with Gasteiger partial charge in [-0.3, -0.25) is 9.69 Å². The Morgan fingerprint density at radius 1 is 1.19 bits per heavy atom. The SMILES string of the molecule is CC(C)N1C(=O)/C(=C\c2ccc(OCC#N)cc2)SC1=Nc1ccccc1. The van der Waals surface area contributed by atoms with Crippen LogP contribution in [0.15, 0.2) is 64.5 Å². The first kappa shape index (κ1) is 18.7. The minimum Gasteiger partial charge on any atom is -0.479 e. The number of carbonyl (C=O) groups is 1. The first-order valence-electron chi connectivity index (χ1n) is 8.55. The summed E-state index contributed by atoms with van der Waals surface area (Å²) in [6.07, 6.45) is 1.85. The largest absolute Gasteiger partial charge is 0.479 e. The van der Waals surface area contributed by atoms with Crippen LogP contribution in [0.3, 0.4) is 0 Å². The molecule has 1 amide bonds. The molecule has 1 aliphatic heterocycles. The van der Waals surface area contributed by atoms with E-state index in [0.717, 1.165) is 11.3 Å². The molecule has 0 aliphatic carbocycles. The molecule has 1 aliphatic rings. The summed E-state index contributed by atoms with van der Waals surface area (Å²) in [5.41, 5.74) is 1.71. The number of benzene rings is 2. The van der Waals surface area contributed by atoms with E-state index in [1.807, 2.05) is 68.5 Å². The van der Waals surface area contributed by atoms with Gasteiger partial charge < -0.3 is 4.74 Å². The molecule has 1 fully saturated rings. The molecule has 0 saturated carbocycles. The highest BCUT2D eigenvalue weighted by Gasteiger charge is 2.35. The molecular weight excluding hydrogens is 358 g/mol. The topological polar surface area (TPSA) is 65.7 Å². The molecule has 0 bridgehead atoms. The van der Waals surface area contributed by atoms with Crippen molar-refractivity contribution in [3.63, 3.8) is 0 Å². The minimum absolute atomic E-state index is 0.0113. The second-order valence-corrected chi connectivity index (χ2v) is 7.13. The van der Waals surface area contributed by atoms with E-state index >= 15 is 0 Å². The van der Waals surface area contributed by atoms with Gasteiger partial charge in [0.1, 0.15) is 11.8 Å². The fourth-order valence-electron chi connectivity index (χ4n) is 2.56. The summed E-state index contributed by atoms with van der Waals surface area (Å²) >= 11 is 1.38. The second-order valence-electron chi connectivity index (χ2n) is 6.13. The van der Waals surface area contributed by atoms with E-state index in [9.17, 15) is 4.79 Å². The predicted octanol–water partition coefficient (Wildman–Crippen LogP) is 4.60. The molecule has 2 aromatic carbocycles. The van der Waals surface area contributed by atoms with Gasteiger partial charge in [0.2, 0.25) is 0 Å². The number of amidine groups is 1. The molecule has 0 aromatic heterocycles. The normalized spacial score (nSPS) is 17.0. The Bertz CT molecular complexity index is 913. The van der Waals surface area contributed by atoms with Crippen molar-refractivity contribution in [2.75, 3.05) is 6.61 Å². The third-order valence-electron chi connectivity index (χ3n) is 3.82. The first-order valence-corrected chi connectivity index (χ1v) is 9.37. The van der Waals surface area contributed by atoms with Gasteiger partial charge in [0.15, 0.2) is 11.8 Å². The van der Waals surface area contributed by atoms with Gasteiger partial charge in [-0.15, -0.1) is 0 Å². The van der Waals surface area contributed by atoms with E-state index < -0.39 is 0 Å². The fraction of sp³-hybridized carbons (Fsp3) is 0.190. The van der Waals surface area contributed by atoms with Crippen molar-refractivity contribution in [3.05, 3.63) is 65.1 Å². The molecule has 0 radical (unpaired) electrons. The lowest BCUT2D eigenvalue weighted by molar-refractivity contribution is -0.123. The maximum absolute atomic E-state index is 12.9. The van der Waals surface area contributed by atoms with Crippen molar-refractivity contribution in [2.24, 2.45) is 4.99 Å². The molecule has 1 saturated heterocycles. The van der Waals surface area contributed by atoms with E-state index in [-0.39, 0.29) is 18.6 Å². The third-order valence-corrected chi connectivity index (χ3v) is 4.80. The number of hydrogen-bond donors (Lipinski definition) is 0. The summed E-state index contributed by atoms with van der Waals surface area (Å²) in [6, 6.07) is 18.9. The predicted molar refractivity (Wildman–Crippen MR) is 109 cm³/mol. The lowest BCUT2D eigenvalue weighted by Gasteiger charge is -2.19. The number of para-hydroxylation sites is 1. The number of ether oxygens (including phenoxy) is 1. The summed E-state index contributed by atoms with van der Waals surface area (Å²) < 4.78 is 5.25. The highest BCUT2D eigenvalue weighted by Crippen LogP contribution is 2.35. The van der Waals surface area contributed by atoms with Gasteiger partial charge in [-0.05, 0) is 61.5 Å². The summed E-state index contributed by atoms with van der Waals surface area (Å²) in [5, 5.41) is 9.24. The molecule has 136 valence electrons. The Kier molecular flexibility index (Phi) is 5.94. The molecular formula is C21H19N3O2S. The molecule has 0 atom stereocenters. The Morgan fingerprint density at radius 3 is 2.52 bits per heavy atom. The van der Waals surface area contributed by atoms with Gasteiger partial charge in [0.05, 0.1) is 10.6 Å². The van der Waals surface area contributed by atoms with Crippen LogP contribution < -0.4 is 4.74 Å². The van der Waals surface area contributed by atoms with Crippen molar-refractivity contribution in [1.82, 2.24) is 4.90 Å². The molecule has 5 nitrogen and oxygen atoms in total. The Hall–Kier alpha value is -3.04. The van der Waals surface area contributed by atoms with Crippen LogP contribution in [-0.4, -0.2) is 28.6 Å². The quantitative estimate of drug-likeness (QED) is 0.714. The van der Waals surface area contributed by atoms with Gasteiger partial charge in [-0.2, -0.15) is 5.26 Å². The van der Waals surface area contributed by atoms with Crippen LogP contribution in [0.1, 0.15) is 19.4 Å². The number of amides is 1. The zero-order chi connectivity index (χ0) is 19.2. The number of thioether (sulfide) groups is 1. The van der Waals surface area contributed by atoms with Crippen molar-refractivity contribution in [3.8, 4) is 11.8 Å². The summed E-state index contributed by atoms with van der Waals surface area (Å²) in [6.45, 7) is 3.96. The fourth-order valence-corrected chi connectivity index (χ4v) is 3.68. The van der Waals surface area contributed by atoms with E-state index in [1.165, 1.54) is 11.8 Å². The highest BCUT2D eigenvalue weighted by atomic mass is 32.2. The van der Waals surface area contributed by atoms with E-state index in [4.69, 9.17) is 10.00 Å². The van der Waals surface area contributed by atoms with E-state index in [2.05, 4.69) is 4.99 Å². The molecule has 0 spiro atoms. The van der Waals surface area contributed by atoms with Crippen LogP contribution >= 0.6 is 11.8 Å². The molecule has 1 heterocycles. The number of nitrogens with zero attached hydrogens (tertiary/aromatic N) is 3. The molecule has 2 aromatic rings. The summed E-state index contributed by atoms with van der Waals surface area (Å²) in [4.78, 5) is 19.8. The van der Waals surface area contributed by atoms with Crippen LogP contribution in [0.2, 0.25) is 0 Å². The van der Waals surface area contributed by atoms with Crippen molar-refractivity contribution in [1.29, 1.82) is 5.26 Å².